The summed E-state index contributed by atoms with van der Waals surface area (Å²) in [5.41, 5.74) is 0. The van der Waals surface area contributed by atoms with Gasteiger partial charge >= 0.3 is 0 Å². The average molecular weight is 430 g/mol. The van der Waals surface area contributed by atoms with Crippen molar-refractivity contribution in [2.24, 2.45) is 5.92 Å². The van der Waals surface area contributed by atoms with E-state index in [0.717, 1.165) is 30.2 Å². The molecule has 0 unspecified atom stereocenters. The summed E-state index contributed by atoms with van der Waals surface area (Å²) >= 11 is 3.30. The second-order valence-corrected chi connectivity index (χ2v) is 9.71. The summed E-state index contributed by atoms with van der Waals surface area (Å²) < 4.78 is 31.1. The van der Waals surface area contributed by atoms with E-state index in [1.807, 2.05) is 4.90 Å². The zero-order chi connectivity index (χ0) is 17.9. The molecule has 1 aliphatic carbocycles. The van der Waals surface area contributed by atoms with Crippen molar-refractivity contribution in [1.29, 1.82) is 0 Å². The predicted octanol–water partition coefficient (Wildman–Crippen LogP) is 3.38. The molecule has 1 heterocycles. The molecule has 138 valence electrons. The Kier molecular flexibility index (Phi) is 6.17. The number of likely N-dealkylation sites (tertiary alicyclic amines) is 1. The van der Waals surface area contributed by atoms with Crippen molar-refractivity contribution in [1.82, 2.24) is 4.90 Å². The molecular weight excluding hydrogens is 406 g/mol. The molecule has 1 aromatic carbocycles. The molecule has 0 bridgehead atoms. The molecule has 1 amide bonds. The highest BCUT2D eigenvalue weighted by Gasteiger charge is 2.30. The lowest BCUT2D eigenvalue weighted by atomic mass is 10.0. The van der Waals surface area contributed by atoms with Crippen LogP contribution in [-0.2, 0) is 19.4 Å². The highest BCUT2D eigenvalue weighted by atomic mass is 79.9. The topological polar surface area (TPSA) is 63.7 Å². The van der Waals surface area contributed by atoms with Crippen LogP contribution < -0.4 is 0 Å². The highest BCUT2D eigenvalue weighted by Crippen LogP contribution is 2.28. The minimum atomic E-state index is -3.44. The van der Waals surface area contributed by atoms with Crippen LogP contribution in [0.5, 0.6) is 0 Å². The third kappa shape index (κ3) is 4.83. The van der Waals surface area contributed by atoms with E-state index in [2.05, 4.69) is 15.9 Å². The van der Waals surface area contributed by atoms with Gasteiger partial charge in [-0.3, -0.25) is 4.79 Å². The van der Waals surface area contributed by atoms with Crippen molar-refractivity contribution in [2.75, 3.05) is 19.0 Å². The molecule has 2 fully saturated rings. The van der Waals surface area contributed by atoms with Gasteiger partial charge in [0.15, 0.2) is 5.94 Å². The van der Waals surface area contributed by atoms with Crippen molar-refractivity contribution in [2.45, 2.75) is 49.5 Å². The molecule has 25 heavy (non-hydrogen) atoms. The summed E-state index contributed by atoms with van der Waals surface area (Å²) in [5, 5.41) is 0. The molecule has 0 aromatic heterocycles. The Labute approximate surface area is 157 Å². The zero-order valence-electron chi connectivity index (χ0n) is 14.2. The standard InChI is InChI=1S/C18H24BrNO4S/c19-15-5-7-17(8-6-15)25(22,23)13-24-16-9-11-20(12-10-16)18(21)14-3-1-2-4-14/h5-8,14,16H,1-4,9-13H2. The van der Waals surface area contributed by atoms with Crippen LogP contribution in [0.3, 0.4) is 0 Å². The molecule has 1 saturated carbocycles. The fourth-order valence-corrected chi connectivity index (χ4v) is 4.89. The maximum Gasteiger partial charge on any atom is 0.225 e. The van der Waals surface area contributed by atoms with E-state index < -0.39 is 9.84 Å². The van der Waals surface area contributed by atoms with Gasteiger partial charge in [0, 0.05) is 23.5 Å². The van der Waals surface area contributed by atoms with Gasteiger partial charge in [-0.25, -0.2) is 8.42 Å². The molecule has 2 aliphatic rings. The molecule has 3 rings (SSSR count). The number of benzene rings is 1. The van der Waals surface area contributed by atoms with E-state index >= 15 is 0 Å². The number of carbonyl (C=O) groups excluding carboxylic acids is 1. The smallest absolute Gasteiger partial charge is 0.225 e. The number of sulfone groups is 1. The van der Waals surface area contributed by atoms with E-state index in [1.54, 1.807) is 24.3 Å². The lowest BCUT2D eigenvalue weighted by Gasteiger charge is -2.33. The number of nitrogens with zero attached hydrogens (tertiary/aromatic N) is 1. The predicted molar refractivity (Wildman–Crippen MR) is 98.8 cm³/mol. The number of halogens is 1. The average Bonchev–Trinajstić information content (AvgIpc) is 3.15. The van der Waals surface area contributed by atoms with Crippen molar-refractivity contribution in [3.05, 3.63) is 28.7 Å². The molecule has 0 atom stereocenters. The van der Waals surface area contributed by atoms with E-state index in [1.165, 1.54) is 0 Å². The summed E-state index contributed by atoms with van der Waals surface area (Å²) in [6, 6.07) is 6.57. The van der Waals surface area contributed by atoms with Crippen LogP contribution in [0.4, 0.5) is 0 Å². The second-order valence-electron chi connectivity index (χ2n) is 6.86. The number of ether oxygens (including phenoxy) is 1. The van der Waals surface area contributed by atoms with Crippen molar-refractivity contribution >= 4 is 31.7 Å². The molecule has 1 saturated heterocycles. The lowest BCUT2D eigenvalue weighted by Crippen LogP contribution is -2.43. The Hall–Kier alpha value is -0.920. The van der Waals surface area contributed by atoms with E-state index in [4.69, 9.17) is 4.74 Å². The van der Waals surface area contributed by atoms with Gasteiger partial charge < -0.3 is 9.64 Å². The Balaban J connectivity index is 1.47. The SMILES string of the molecule is O=C(C1CCCC1)N1CCC(OCS(=O)(=O)c2ccc(Br)cc2)CC1. The zero-order valence-corrected chi connectivity index (χ0v) is 16.6. The van der Waals surface area contributed by atoms with Gasteiger partial charge in [0.05, 0.1) is 11.0 Å². The van der Waals surface area contributed by atoms with Gasteiger partial charge in [-0.2, -0.15) is 0 Å². The molecular formula is C18H24BrNO4S. The Morgan fingerprint density at radius 1 is 1.08 bits per heavy atom. The van der Waals surface area contributed by atoms with Crippen LogP contribution in [-0.4, -0.2) is 44.4 Å². The third-order valence-corrected chi connectivity index (χ3v) is 7.06. The number of amides is 1. The normalized spacial score (nSPS) is 20.1. The first-order chi connectivity index (χ1) is 12.0. The fraction of sp³-hybridized carbons (Fsp3) is 0.611. The van der Waals surface area contributed by atoms with Crippen LogP contribution in [0, 0.1) is 5.92 Å². The fourth-order valence-electron chi connectivity index (χ4n) is 3.57. The molecule has 5 nitrogen and oxygen atoms in total. The van der Waals surface area contributed by atoms with Crippen LogP contribution in [0.25, 0.3) is 0 Å². The largest absolute Gasteiger partial charge is 0.362 e. The molecule has 0 radical (unpaired) electrons. The molecule has 0 N–H and O–H groups in total. The maximum atomic E-state index is 12.4. The first kappa shape index (κ1) is 18.9. The number of hydrogen-bond acceptors (Lipinski definition) is 4. The van der Waals surface area contributed by atoms with Crippen LogP contribution in [0.1, 0.15) is 38.5 Å². The van der Waals surface area contributed by atoms with Crippen molar-refractivity contribution in [3.8, 4) is 0 Å². The van der Waals surface area contributed by atoms with E-state index in [9.17, 15) is 13.2 Å². The van der Waals surface area contributed by atoms with Crippen LogP contribution >= 0.6 is 15.9 Å². The first-order valence-corrected chi connectivity index (χ1v) is 11.3. The van der Waals surface area contributed by atoms with Crippen molar-refractivity contribution in [3.63, 3.8) is 0 Å². The minimum absolute atomic E-state index is 0.0992. The Bertz CT molecular complexity index is 690. The summed E-state index contributed by atoms with van der Waals surface area (Å²) in [6.45, 7) is 1.33. The summed E-state index contributed by atoms with van der Waals surface area (Å²) in [5.74, 6) is 0.171. The number of carbonyl (C=O) groups is 1. The summed E-state index contributed by atoms with van der Waals surface area (Å²) in [6.07, 6.45) is 5.65. The van der Waals surface area contributed by atoms with E-state index in [-0.39, 0.29) is 28.8 Å². The monoisotopic (exact) mass is 429 g/mol. The number of rotatable bonds is 5. The molecule has 1 aliphatic heterocycles. The van der Waals surface area contributed by atoms with Gasteiger partial charge in [-0.05, 0) is 49.9 Å². The minimum Gasteiger partial charge on any atom is -0.362 e. The lowest BCUT2D eigenvalue weighted by molar-refractivity contribution is -0.137. The quantitative estimate of drug-likeness (QED) is 0.719. The molecule has 1 aromatic rings. The van der Waals surface area contributed by atoms with Gasteiger partial charge in [-0.1, -0.05) is 28.8 Å². The second kappa shape index (κ2) is 8.18. The summed E-state index contributed by atoms with van der Waals surface area (Å²) in [4.78, 5) is 14.6. The maximum absolute atomic E-state index is 12.4. The third-order valence-electron chi connectivity index (χ3n) is 5.09. The Morgan fingerprint density at radius 3 is 2.28 bits per heavy atom. The molecule has 0 spiro atoms. The van der Waals surface area contributed by atoms with Gasteiger partial charge in [0.25, 0.3) is 0 Å². The number of hydrogen-bond donors (Lipinski definition) is 0. The highest BCUT2D eigenvalue weighted by molar-refractivity contribution is 9.10. The van der Waals surface area contributed by atoms with Gasteiger partial charge in [0.1, 0.15) is 0 Å². The van der Waals surface area contributed by atoms with Crippen molar-refractivity contribution < 1.29 is 17.9 Å². The van der Waals surface area contributed by atoms with Crippen LogP contribution in [0.15, 0.2) is 33.6 Å². The van der Waals surface area contributed by atoms with Crippen LogP contribution in [0.2, 0.25) is 0 Å². The summed E-state index contributed by atoms with van der Waals surface area (Å²) in [7, 11) is -3.44. The van der Waals surface area contributed by atoms with Gasteiger partial charge in [-0.15, -0.1) is 0 Å². The number of piperidine rings is 1. The van der Waals surface area contributed by atoms with Gasteiger partial charge in [0.2, 0.25) is 15.7 Å². The Morgan fingerprint density at radius 2 is 1.68 bits per heavy atom. The van der Waals surface area contributed by atoms with E-state index in [0.29, 0.717) is 25.9 Å². The first-order valence-electron chi connectivity index (χ1n) is 8.84. The molecule has 7 heteroatoms.